The number of H-pyrrole nitrogens is 1. The Kier molecular flexibility index (Phi) is 3.50. The van der Waals surface area contributed by atoms with E-state index in [0.717, 1.165) is 32.9 Å². The van der Waals surface area contributed by atoms with E-state index in [9.17, 15) is 4.79 Å². The minimum atomic E-state index is -0.409. The number of ether oxygens (including phenoxy) is 1. The van der Waals surface area contributed by atoms with E-state index in [-0.39, 0.29) is 0 Å². The number of nitrogens with one attached hydrogen (secondary N) is 1. The molecule has 118 valence electrons. The molecule has 2 heterocycles. The van der Waals surface area contributed by atoms with Crippen LogP contribution in [0.3, 0.4) is 0 Å². The van der Waals surface area contributed by atoms with Crippen LogP contribution in [0.15, 0.2) is 60.8 Å². The molecule has 0 atom stereocenters. The smallest absolute Gasteiger partial charge is 0.359 e. The number of fused-ring (bicyclic) bond motifs is 3. The monoisotopic (exact) mass is 316 g/mol. The molecule has 2 aromatic heterocycles. The highest BCUT2D eigenvalue weighted by atomic mass is 16.5. The van der Waals surface area contributed by atoms with Crippen LogP contribution >= 0.6 is 0 Å². The Morgan fingerprint density at radius 1 is 1.08 bits per heavy atom. The first-order valence-electron chi connectivity index (χ1n) is 7.91. The summed E-state index contributed by atoms with van der Waals surface area (Å²) in [5, 5.41) is 2.06. The van der Waals surface area contributed by atoms with Gasteiger partial charge in [0.15, 0.2) is 5.69 Å². The van der Waals surface area contributed by atoms with Crippen LogP contribution in [-0.4, -0.2) is 22.5 Å². The van der Waals surface area contributed by atoms with Gasteiger partial charge >= 0.3 is 5.97 Å². The predicted octanol–water partition coefficient (Wildman–Crippen LogP) is 4.56. The third-order valence-corrected chi connectivity index (χ3v) is 4.09. The molecule has 0 fully saturated rings. The molecule has 0 amide bonds. The molecule has 0 bridgehead atoms. The summed E-state index contributed by atoms with van der Waals surface area (Å²) in [5.41, 5.74) is 4.08. The first-order valence-corrected chi connectivity index (χ1v) is 7.91. The van der Waals surface area contributed by atoms with E-state index >= 15 is 0 Å². The summed E-state index contributed by atoms with van der Waals surface area (Å²) < 4.78 is 5.16. The number of aromatic nitrogens is 2. The maximum atomic E-state index is 12.3. The summed E-state index contributed by atoms with van der Waals surface area (Å²) >= 11 is 0. The van der Waals surface area contributed by atoms with Crippen LogP contribution in [0.2, 0.25) is 0 Å². The Morgan fingerprint density at radius 2 is 1.83 bits per heavy atom. The summed E-state index contributed by atoms with van der Waals surface area (Å²) in [6, 6.07) is 18.1. The van der Waals surface area contributed by atoms with Crippen molar-refractivity contribution in [1.29, 1.82) is 0 Å². The SMILES string of the molecule is CCOC(=O)c1ncc(-c2ccccc2)c2c1[nH]c1ccccc12. The molecule has 4 rings (SSSR count). The van der Waals surface area contributed by atoms with Gasteiger partial charge < -0.3 is 9.72 Å². The normalized spacial score (nSPS) is 11.0. The number of pyridine rings is 1. The number of nitrogens with zero attached hydrogens (tertiary/aromatic N) is 1. The Morgan fingerprint density at radius 3 is 2.62 bits per heavy atom. The van der Waals surface area contributed by atoms with E-state index in [2.05, 4.69) is 16.0 Å². The molecule has 0 unspecified atom stereocenters. The summed E-state index contributed by atoms with van der Waals surface area (Å²) in [4.78, 5) is 20.0. The number of rotatable bonds is 3. The lowest BCUT2D eigenvalue weighted by Crippen LogP contribution is -2.08. The quantitative estimate of drug-likeness (QED) is 0.564. The van der Waals surface area contributed by atoms with Crippen molar-refractivity contribution in [2.24, 2.45) is 0 Å². The lowest BCUT2D eigenvalue weighted by molar-refractivity contribution is 0.0522. The third-order valence-electron chi connectivity index (χ3n) is 4.09. The van der Waals surface area contributed by atoms with Gasteiger partial charge in [0.2, 0.25) is 0 Å². The highest BCUT2D eigenvalue weighted by Crippen LogP contribution is 2.35. The van der Waals surface area contributed by atoms with Gasteiger partial charge in [0.25, 0.3) is 0 Å². The second-order valence-corrected chi connectivity index (χ2v) is 5.53. The van der Waals surface area contributed by atoms with Crippen molar-refractivity contribution in [3.63, 3.8) is 0 Å². The van der Waals surface area contributed by atoms with Gasteiger partial charge in [-0.3, -0.25) is 0 Å². The number of carbonyl (C=O) groups is 1. The van der Waals surface area contributed by atoms with Crippen molar-refractivity contribution >= 4 is 27.8 Å². The lowest BCUT2D eigenvalue weighted by Gasteiger charge is -2.07. The van der Waals surface area contributed by atoms with Gasteiger partial charge in [0, 0.05) is 28.0 Å². The van der Waals surface area contributed by atoms with Crippen molar-refractivity contribution in [1.82, 2.24) is 9.97 Å². The van der Waals surface area contributed by atoms with Crippen LogP contribution in [0.25, 0.3) is 32.9 Å². The topological polar surface area (TPSA) is 55.0 Å². The first kappa shape index (κ1) is 14.5. The van der Waals surface area contributed by atoms with Crippen LogP contribution < -0.4 is 0 Å². The molecule has 1 N–H and O–H groups in total. The summed E-state index contributed by atoms with van der Waals surface area (Å²) in [6.45, 7) is 2.11. The number of hydrogen-bond donors (Lipinski definition) is 1. The van der Waals surface area contributed by atoms with Gasteiger partial charge in [0.1, 0.15) is 0 Å². The molecule has 4 nitrogen and oxygen atoms in total. The summed E-state index contributed by atoms with van der Waals surface area (Å²) in [6.07, 6.45) is 1.75. The highest BCUT2D eigenvalue weighted by Gasteiger charge is 2.19. The molecule has 0 aliphatic rings. The first-order chi connectivity index (χ1) is 11.8. The minimum absolute atomic E-state index is 0.322. The van der Waals surface area contributed by atoms with E-state index in [0.29, 0.717) is 12.3 Å². The number of benzene rings is 2. The van der Waals surface area contributed by atoms with Crippen LogP contribution in [0.4, 0.5) is 0 Å². The molecule has 0 radical (unpaired) electrons. The van der Waals surface area contributed by atoms with Crippen molar-refractivity contribution in [3.8, 4) is 11.1 Å². The molecule has 0 saturated carbocycles. The minimum Gasteiger partial charge on any atom is -0.461 e. The molecular formula is C20H16N2O2. The number of para-hydroxylation sites is 1. The van der Waals surface area contributed by atoms with E-state index in [1.165, 1.54) is 0 Å². The third kappa shape index (κ3) is 2.24. The fourth-order valence-corrected chi connectivity index (χ4v) is 3.05. The van der Waals surface area contributed by atoms with Gasteiger partial charge in [-0.05, 0) is 18.6 Å². The molecule has 24 heavy (non-hydrogen) atoms. The van der Waals surface area contributed by atoms with E-state index in [1.807, 2.05) is 48.5 Å². The average Bonchev–Trinajstić information content (AvgIpc) is 3.01. The number of esters is 1. The zero-order valence-electron chi connectivity index (χ0n) is 13.2. The second kappa shape index (κ2) is 5.81. The number of hydrogen-bond acceptors (Lipinski definition) is 3. The molecule has 0 aliphatic carbocycles. The standard InChI is InChI=1S/C20H16N2O2/c1-2-24-20(23)19-18-17(14-10-6-7-11-16(14)22-18)15(12-21-19)13-8-4-3-5-9-13/h3-12,22H,2H2,1H3. The molecule has 4 heteroatoms. The average molecular weight is 316 g/mol. The zero-order valence-corrected chi connectivity index (χ0v) is 13.2. The fourth-order valence-electron chi connectivity index (χ4n) is 3.05. The van der Waals surface area contributed by atoms with Gasteiger partial charge in [-0.1, -0.05) is 48.5 Å². The van der Waals surface area contributed by atoms with Gasteiger partial charge in [0.05, 0.1) is 12.1 Å². The van der Waals surface area contributed by atoms with Gasteiger partial charge in [-0.15, -0.1) is 0 Å². The van der Waals surface area contributed by atoms with Crippen LogP contribution in [0, 0.1) is 0 Å². The van der Waals surface area contributed by atoms with Gasteiger partial charge in [-0.25, -0.2) is 9.78 Å². The second-order valence-electron chi connectivity index (χ2n) is 5.53. The van der Waals surface area contributed by atoms with Crippen molar-refractivity contribution in [3.05, 3.63) is 66.5 Å². The maximum Gasteiger partial charge on any atom is 0.359 e. The highest BCUT2D eigenvalue weighted by molar-refractivity contribution is 6.18. The molecule has 2 aromatic carbocycles. The maximum absolute atomic E-state index is 12.3. The van der Waals surface area contributed by atoms with Crippen molar-refractivity contribution < 1.29 is 9.53 Å². The van der Waals surface area contributed by atoms with E-state index in [4.69, 9.17) is 4.74 Å². The lowest BCUT2D eigenvalue weighted by atomic mass is 10.0. The molecule has 4 aromatic rings. The Hall–Kier alpha value is -3.14. The summed E-state index contributed by atoms with van der Waals surface area (Å²) in [7, 11) is 0. The van der Waals surface area contributed by atoms with Crippen LogP contribution in [-0.2, 0) is 4.74 Å². The predicted molar refractivity (Wildman–Crippen MR) is 95.0 cm³/mol. The molecule has 0 spiro atoms. The van der Waals surface area contributed by atoms with E-state index in [1.54, 1.807) is 13.1 Å². The number of aromatic amines is 1. The van der Waals surface area contributed by atoms with Gasteiger partial charge in [-0.2, -0.15) is 0 Å². The Balaban J connectivity index is 2.08. The summed E-state index contributed by atoms with van der Waals surface area (Å²) in [5.74, 6) is -0.409. The van der Waals surface area contributed by atoms with Crippen molar-refractivity contribution in [2.75, 3.05) is 6.61 Å². The number of carbonyl (C=O) groups excluding carboxylic acids is 1. The van der Waals surface area contributed by atoms with E-state index < -0.39 is 5.97 Å². The zero-order chi connectivity index (χ0) is 16.5. The van der Waals surface area contributed by atoms with Crippen LogP contribution in [0.1, 0.15) is 17.4 Å². The van der Waals surface area contributed by atoms with Crippen LogP contribution in [0.5, 0.6) is 0 Å². The molecule has 0 aliphatic heterocycles. The largest absolute Gasteiger partial charge is 0.461 e. The van der Waals surface area contributed by atoms with Crippen molar-refractivity contribution in [2.45, 2.75) is 6.92 Å². The Labute approximate surface area is 139 Å². The fraction of sp³-hybridized carbons (Fsp3) is 0.100. The molecular weight excluding hydrogens is 300 g/mol. The Bertz CT molecular complexity index is 1040. The molecule has 0 saturated heterocycles.